The Hall–Kier alpha value is -3.65. The van der Waals surface area contributed by atoms with Crippen molar-refractivity contribution in [2.24, 2.45) is 0 Å². The highest BCUT2D eigenvalue weighted by atomic mass is 32.1. The molecule has 8 heteroatoms. The zero-order valence-corrected chi connectivity index (χ0v) is 18.6. The molecule has 0 radical (unpaired) electrons. The van der Waals surface area contributed by atoms with Gasteiger partial charge < -0.3 is 19.5 Å². The van der Waals surface area contributed by atoms with Crippen LogP contribution in [0.25, 0.3) is 11.0 Å². The smallest absolute Gasteiger partial charge is 0.291 e. The summed E-state index contributed by atoms with van der Waals surface area (Å²) in [5, 5.41) is 5.54. The van der Waals surface area contributed by atoms with Gasteiger partial charge in [0.2, 0.25) is 11.7 Å². The van der Waals surface area contributed by atoms with Crippen LogP contribution in [0.5, 0.6) is 0 Å². The predicted octanol–water partition coefficient (Wildman–Crippen LogP) is 4.78. The highest BCUT2D eigenvalue weighted by Gasteiger charge is 2.29. The summed E-state index contributed by atoms with van der Waals surface area (Å²) in [6.07, 6.45) is 0.237. The number of hydrogen-bond donors (Lipinski definition) is 1. The molecule has 2 aromatic carbocycles. The number of hydrogen-bond acceptors (Lipinski definition) is 5. The van der Waals surface area contributed by atoms with Crippen molar-refractivity contribution in [2.75, 3.05) is 36.4 Å². The lowest BCUT2D eigenvalue weighted by molar-refractivity contribution is -0.115. The van der Waals surface area contributed by atoms with Gasteiger partial charge in [-0.1, -0.05) is 18.2 Å². The standard InChI is InChI=1S/C25H22FN3O3S/c26-17-7-9-18(10-8-17)28-11-13-29(14-12-28)25(31)24-23(20-5-1-2-6-21(20)32-24)27-22(30)16-19-4-3-15-33-19/h1-10,15H,11-14,16H2,(H,27,30). The number of carbonyl (C=O) groups excluding carboxylic acids is 2. The first-order valence-electron chi connectivity index (χ1n) is 10.7. The minimum absolute atomic E-state index is 0.144. The third-order valence-electron chi connectivity index (χ3n) is 5.73. The lowest BCUT2D eigenvalue weighted by atomic mass is 10.2. The lowest BCUT2D eigenvalue weighted by Gasteiger charge is -2.35. The van der Waals surface area contributed by atoms with E-state index in [9.17, 15) is 14.0 Å². The molecule has 1 aliphatic rings. The van der Waals surface area contributed by atoms with Crippen LogP contribution in [0.2, 0.25) is 0 Å². The van der Waals surface area contributed by atoms with Crippen molar-refractivity contribution < 1.29 is 18.4 Å². The average molecular weight is 464 g/mol. The Balaban J connectivity index is 1.34. The number of nitrogens with zero attached hydrogens (tertiary/aromatic N) is 2. The van der Waals surface area contributed by atoms with Crippen molar-refractivity contribution in [2.45, 2.75) is 6.42 Å². The van der Waals surface area contributed by atoms with E-state index in [4.69, 9.17) is 4.42 Å². The number of piperazine rings is 1. The summed E-state index contributed by atoms with van der Waals surface area (Å²) < 4.78 is 19.1. The molecule has 0 spiro atoms. The Morgan fingerprint density at radius 3 is 2.45 bits per heavy atom. The van der Waals surface area contributed by atoms with Gasteiger partial charge in [-0.3, -0.25) is 9.59 Å². The zero-order valence-electron chi connectivity index (χ0n) is 17.8. The molecule has 0 unspecified atom stereocenters. The maximum atomic E-state index is 13.4. The molecule has 2 aromatic heterocycles. The quantitative estimate of drug-likeness (QED) is 0.463. The van der Waals surface area contributed by atoms with Gasteiger partial charge in [0.1, 0.15) is 17.1 Å². The van der Waals surface area contributed by atoms with Gasteiger partial charge in [0.05, 0.1) is 6.42 Å². The van der Waals surface area contributed by atoms with Crippen molar-refractivity contribution in [3.05, 3.63) is 82.5 Å². The minimum atomic E-state index is -0.272. The van der Waals surface area contributed by atoms with Gasteiger partial charge in [-0.25, -0.2) is 4.39 Å². The number of amides is 2. The topological polar surface area (TPSA) is 65.8 Å². The molecule has 0 saturated carbocycles. The summed E-state index contributed by atoms with van der Waals surface area (Å²) in [5.74, 6) is -0.576. The van der Waals surface area contributed by atoms with Crippen LogP contribution in [0.1, 0.15) is 15.4 Å². The molecule has 0 atom stereocenters. The Morgan fingerprint density at radius 1 is 0.970 bits per heavy atom. The molecule has 33 heavy (non-hydrogen) atoms. The number of thiophene rings is 1. The Kier molecular flexibility index (Phi) is 5.83. The van der Waals surface area contributed by atoms with Gasteiger partial charge >= 0.3 is 0 Å². The number of halogens is 1. The van der Waals surface area contributed by atoms with Crippen LogP contribution in [0, 0.1) is 5.82 Å². The molecule has 1 N–H and O–H groups in total. The fraction of sp³-hybridized carbons (Fsp3) is 0.200. The Morgan fingerprint density at radius 2 is 1.73 bits per heavy atom. The monoisotopic (exact) mass is 463 g/mol. The van der Waals surface area contributed by atoms with Crippen LogP contribution in [0.15, 0.2) is 70.5 Å². The Bertz CT molecular complexity index is 1280. The van der Waals surface area contributed by atoms with E-state index in [1.165, 1.54) is 23.5 Å². The molecule has 5 rings (SSSR count). The zero-order chi connectivity index (χ0) is 22.8. The summed E-state index contributed by atoms with van der Waals surface area (Å²) in [7, 11) is 0. The average Bonchev–Trinajstić information content (AvgIpc) is 3.47. The van der Waals surface area contributed by atoms with Gasteiger partial charge in [-0.15, -0.1) is 11.3 Å². The van der Waals surface area contributed by atoms with Crippen molar-refractivity contribution >= 4 is 45.5 Å². The van der Waals surface area contributed by atoms with Crippen molar-refractivity contribution in [3.63, 3.8) is 0 Å². The van der Waals surface area contributed by atoms with E-state index in [1.807, 2.05) is 35.7 Å². The Labute approximate surface area is 194 Å². The molecule has 1 fully saturated rings. The molecule has 0 aliphatic carbocycles. The van der Waals surface area contributed by atoms with E-state index in [2.05, 4.69) is 10.2 Å². The van der Waals surface area contributed by atoms with Gasteiger partial charge in [0.25, 0.3) is 5.91 Å². The minimum Gasteiger partial charge on any atom is -0.449 e. The maximum absolute atomic E-state index is 13.4. The summed E-state index contributed by atoms with van der Waals surface area (Å²) in [5.41, 5.74) is 1.89. The molecule has 4 aromatic rings. The summed E-state index contributed by atoms with van der Waals surface area (Å²) in [6.45, 7) is 2.24. The largest absolute Gasteiger partial charge is 0.449 e. The first-order valence-corrected chi connectivity index (χ1v) is 11.6. The SMILES string of the molecule is O=C(Cc1cccs1)Nc1c(C(=O)N2CCN(c3ccc(F)cc3)CC2)oc2ccccc12. The maximum Gasteiger partial charge on any atom is 0.291 e. The van der Waals surface area contributed by atoms with E-state index >= 15 is 0 Å². The van der Waals surface area contributed by atoms with Crippen LogP contribution in [-0.4, -0.2) is 42.9 Å². The van der Waals surface area contributed by atoms with E-state index < -0.39 is 0 Å². The molecular weight excluding hydrogens is 441 g/mol. The number of nitrogens with one attached hydrogen (secondary N) is 1. The molecule has 2 amide bonds. The number of furan rings is 1. The van der Waals surface area contributed by atoms with Crippen LogP contribution >= 0.6 is 11.3 Å². The first-order chi connectivity index (χ1) is 16.1. The lowest BCUT2D eigenvalue weighted by Crippen LogP contribution is -2.48. The van der Waals surface area contributed by atoms with E-state index in [0.29, 0.717) is 42.8 Å². The van der Waals surface area contributed by atoms with Crippen LogP contribution < -0.4 is 10.2 Å². The van der Waals surface area contributed by atoms with Crippen molar-refractivity contribution in [3.8, 4) is 0 Å². The van der Waals surface area contributed by atoms with Gasteiger partial charge in [0, 0.05) is 42.1 Å². The van der Waals surface area contributed by atoms with Crippen LogP contribution in [-0.2, 0) is 11.2 Å². The second-order valence-electron chi connectivity index (χ2n) is 7.86. The molecule has 6 nitrogen and oxygen atoms in total. The number of rotatable bonds is 5. The summed E-state index contributed by atoms with van der Waals surface area (Å²) in [4.78, 5) is 30.9. The molecule has 1 saturated heterocycles. The van der Waals surface area contributed by atoms with Crippen LogP contribution in [0.4, 0.5) is 15.8 Å². The highest BCUT2D eigenvalue weighted by Crippen LogP contribution is 2.32. The second kappa shape index (κ2) is 9.07. The normalized spacial score (nSPS) is 14.0. The number of anilines is 2. The number of para-hydroxylation sites is 1. The highest BCUT2D eigenvalue weighted by molar-refractivity contribution is 7.10. The van der Waals surface area contributed by atoms with Gasteiger partial charge in [0.15, 0.2) is 0 Å². The number of carbonyl (C=O) groups is 2. The van der Waals surface area contributed by atoms with E-state index in [0.717, 1.165) is 10.6 Å². The van der Waals surface area contributed by atoms with Gasteiger partial charge in [-0.2, -0.15) is 0 Å². The summed E-state index contributed by atoms with van der Waals surface area (Å²) in [6, 6.07) is 17.5. The predicted molar refractivity (Wildman–Crippen MR) is 127 cm³/mol. The number of benzene rings is 2. The van der Waals surface area contributed by atoms with Gasteiger partial charge in [-0.05, 0) is 47.8 Å². The first kappa shape index (κ1) is 21.2. The molecule has 3 heterocycles. The van der Waals surface area contributed by atoms with Crippen LogP contribution in [0.3, 0.4) is 0 Å². The molecule has 168 valence electrons. The molecular formula is C25H22FN3O3S. The third kappa shape index (κ3) is 4.47. The van der Waals surface area contributed by atoms with Crippen molar-refractivity contribution in [1.29, 1.82) is 0 Å². The second-order valence-corrected chi connectivity index (χ2v) is 8.89. The fourth-order valence-electron chi connectivity index (χ4n) is 4.04. The van der Waals surface area contributed by atoms with E-state index in [-0.39, 0.29) is 29.8 Å². The fourth-order valence-corrected chi connectivity index (χ4v) is 4.74. The molecule has 1 aliphatic heterocycles. The van der Waals surface area contributed by atoms with E-state index in [1.54, 1.807) is 23.1 Å². The number of fused-ring (bicyclic) bond motifs is 1. The van der Waals surface area contributed by atoms with Crippen molar-refractivity contribution in [1.82, 2.24) is 4.90 Å². The summed E-state index contributed by atoms with van der Waals surface area (Å²) >= 11 is 1.51. The molecule has 0 bridgehead atoms. The third-order valence-corrected chi connectivity index (χ3v) is 6.60.